The standard InChI is InChI=1S/C25H19BrN2O3S/c1-2-30-21-13-17(12-18(26)23(21)31-15-16-8-4-3-5-9-16)14-22-24(29)28-20-11-7-6-10-19(20)27-25(28)32-22/h3-14H,2,15H2,1H3. The first-order chi connectivity index (χ1) is 15.6. The first-order valence-electron chi connectivity index (χ1n) is 10.2. The molecule has 0 aliphatic carbocycles. The molecule has 2 aromatic heterocycles. The molecule has 0 saturated heterocycles. The van der Waals surface area contributed by atoms with E-state index in [1.165, 1.54) is 11.3 Å². The van der Waals surface area contributed by atoms with Crippen molar-refractivity contribution in [2.45, 2.75) is 13.5 Å². The fourth-order valence-corrected chi connectivity index (χ4v) is 5.13. The Hall–Kier alpha value is -3.16. The number of imidazole rings is 1. The van der Waals surface area contributed by atoms with Gasteiger partial charge >= 0.3 is 0 Å². The van der Waals surface area contributed by atoms with Crippen molar-refractivity contribution >= 4 is 49.3 Å². The van der Waals surface area contributed by atoms with E-state index in [0.717, 1.165) is 26.6 Å². The highest BCUT2D eigenvalue weighted by molar-refractivity contribution is 9.10. The summed E-state index contributed by atoms with van der Waals surface area (Å²) in [5, 5.41) is 0. The number of para-hydroxylation sites is 2. The Morgan fingerprint density at radius 2 is 1.84 bits per heavy atom. The predicted molar refractivity (Wildman–Crippen MR) is 132 cm³/mol. The van der Waals surface area contributed by atoms with Gasteiger partial charge in [-0.2, -0.15) is 0 Å². The molecule has 0 aliphatic heterocycles. The lowest BCUT2D eigenvalue weighted by Crippen LogP contribution is -2.22. The lowest BCUT2D eigenvalue weighted by atomic mass is 10.2. The van der Waals surface area contributed by atoms with Gasteiger partial charge in [-0.3, -0.25) is 4.79 Å². The molecule has 0 aliphatic rings. The Kier molecular flexibility index (Phi) is 5.68. The maximum absolute atomic E-state index is 13.1. The third-order valence-electron chi connectivity index (χ3n) is 5.00. The zero-order valence-electron chi connectivity index (χ0n) is 17.2. The summed E-state index contributed by atoms with van der Waals surface area (Å²) >= 11 is 4.99. The normalized spacial score (nSPS) is 12.0. The number of nitrogens with zero attached hydrogens (tertiary/aromatic N) is 2. The number of fused-ring (bicyclic) bond motifs is 3. The van der Waals surface area contributed by atoms with Crippen molar-refractivity contribution in [2.24, 2.45) is 0 Å². The fourth-order valence-electron chi connectivity index (χ4n) is 3.57. The van der Waals surface area contributed by atoms with Crippen LogP contribution in [0.1, 0.15) is 18.1 Å². The molecule has 0 amide bonds. The molecule has 0 radical (unpaired) electrons. The van der Waals surface area contributed by atoms with Crippen LogP contribution in [-0.2, 0) is 6.61 Å². The van der Waals surface area contributed by atoms with Gasteiger partial charge in [0.05, 0.1) is 26.6 Å². The number of hydrogen-bond acceptors (Lipinski definition) is 5. The van der Waals surface area contributed by atoms with E-state index in [-0.39, 0.29) is 5.56 Å². The number of aromatic nitrogens is 2. The van der Waals surface area contributed by atoms with Crippen LogP contribution in [0.2, 0.25) is 0 Å². The van der Waals surface area contributed by atoms with E-state index in [0.29, 0.717) is 34.2 Å². The van der Waals surface area contributed by atoms with Crippen LogP contribution >= 0.6 is 27.3 Å². The summed E-state index contributed by atoms with van der Waals surface area (Å²) in [6.07, 6.45) is 1.87. The summed E-state index contributed by atoms with van der Waals surface area (Å²) in [5.41, 5.74) is 3.49. The van der Waals surface area contributed by atoms with Crippen molar-refractivity contribution < 1.29 is 9.47 Å². The Bertz CT molecular complexity index is 1530. The zero-order chi connectivity index (χ0) is 22.1. The average Bonchev–Trinajstić information content (AvgIpc) is 3.30. The van der Waals surface area contributed by atoms with Crippen LogP contribution in [-0.4, -0.2) is 16.0 Å². The highest BCUT2D eigenvalue weighted by Gasteiger charge is 2.14. The number of halogens is 1. The van der Waals surface area contributed by atoms with Crippen molar-refractivity contribution in [3.8, 4) is 11.5 Å². The Morgan fingerprint density at radius 1 is 1.06 bits per heavy atom. The molecule has 0 bridgehead atoms. The van der Waals surface area contributed by atoms with Crippen molar-refractivity contribution in [1.82, 2.24) is 9.38 Å². The minimum Gasteiger partial charge on any atom is -0.490 e. The molecule has 160 valence electrons. The molecule has 5 aromatic rings. The van der Waals surface area contributed by atoms with Crippen molar-refractivity contribution in [1.29, 1.82) is 0 Å². The maximum atomic E-state index is 13.1. The summed E-state index contributed by atoms with van der Waals surface area (Å²) < 4.78 is 15.0. The molecule has 32 heavy (non-hydrogen) atoms. The zero-order valence-corrected chi connectivity index (χ0v) is 19.7. The minimum atomic E-state index is -0.0720. The summed E-state index contributed by atoms with van der Waals surface area (Å²) in [4.78, 5) is 18.3. The summed E-state index contributed by atoms with van der Waals surface area (Å²) in [6.45, 7) is 2.87. The van der Waals surface area contributed by atoms with E-state index < -0.39 is 0 Å². The maximum Gasteiger partial charge on any atom is 0.274 e. The van der Waals surface area contributed by atoms with Crippen LogP contribution in [0.3, 0.4) is 0 Å². The van der Waals surface area contributed by atoms with Crippen LogP contribution < -0.4 is 19.6 Å². The molecular weight excluding hydrogens is 488 g/mol. The first kappa shape index (κ1) is 20.7. The molecule has 2 heterocycles. The largest absolute Gasteiger partial charge is 0.490 e. The Balaban J connectivity index is 1.54. The lowest BCUT2D eigenvalue weighted by Gasteiger charge is -2.14. The molecule has 0 atom stereocenters. The Morgan fingerprint density at radius 3 is 2.66 bits per heavy atom. The van der Waals surface area contributed by atoms with Gasteiger partial charge in [-0.15, -0.1) is 0 Å². The fraction of sp³-hybridized carbons (Fsp3) is 0.120. The molecule has 3 aromatic carbocycles. The second-order valence-electron chi connectivity index (χ2n) is 7.17. The van der Waals surface area contributed by atoms with Crippen LogP contribution in [0.15, 0.2) is 76.0 Å². The van der Waals surface area contributed by atoms with Gasteiger partial charge in [0.1, 0.15) is 6.61 Å². The van der Waals surface area contributed by atoms with Gasteiger partial charge in [-0.05, 0) is 64.3 Å². The number of hydrogen-bond donors (Lipinski definition) is 0. The van der Waals surface area contributed by atoms with E-state index in [2.05, 4.69) is 20.9 Å². The van der Waals surface area contributed by atoms with Gasteiger partial charge in [-0.1, -0.05) is 53.8 Å². The SMILES string of the molecule is CCOc1cc(C=c2sc3nc4ccccc4n3c2=O)cc(Br)c1OCc1ccccc1. The van der Waals surface area contributed by atoms with Gasteiger partial charge in [0.25, 0.3) is 5.56 Å². The molecule has 5 rings (SSSR count). The highest BCUT2D eigenvalue weighted by Crippen LogP contribution is 2.37. The average molecular weight is 507 g/mol. The van der Waals surface area contributed by atoms with Crippen LogP contribution in [0.4, 0.5) is 0 Å². The first-order valence-corrected chi connectivity index (χ1v) is 11.8. The monoisotopic (exact) mass is 506 g/mol. The molecule has 0 saturated carbocycles. The molecule has 5 nitrogen and oxygen atoms in total. The molecule has 0 N–H and O–H groups in total. The van der Waals surface area contributed by atoms with Crippen LogP contribution in [0.5, 0.6) is 11.5 Å². The highest BCUT2D eigenvalue weighted by atomic mass is 79.9. The topological polar surface area (TPSA) is 52.8 Å². The lowest BCUT2D eigenvalue weighted by molar-refractivity contribution is 0.267. The molecule has 0 spiro atoms. The number of benzene rings is 3. The summed E-state index contributed by atoms with van der Waals surface area (Å²) in [6, 6.07) is 21.5. The third-order valence-corrected chi connectivity index (χ3v) is 6.56. The van der Waals surface area contributed by atoms with Crippen molar-refractivity contribution in [2.75, 3.05) is 6.61 Å². The van der Waals surface area contributed by atoms with Gasteiger partial charge in [-0.25, -0.2) is 9.38 Å². The van der Waals surface area contributed by atoms with Gasteiger partial charge in [0, 0.05) is 0 Å². The number of rotatable bonds is 6. The second-order valence-corrected chi connectivity index (χ2v) is 9.04. The smallest absolute Gasteiger partial charge is 0.274 e. The Labute approximate surface area is 196 Å². The van der Waals surface area contributed by atoms with Gasteiger partial charge < -0.3 is 9.47 Å². The number of ether oxygens (including phenoxy) is 2. The van der Waals surface area contributed by atoms with Crippen molar-refractivity contribution in [3.63, 3.8) is 0 Å². The molecule has 0 fully saturated rings. The predicted octanol–water partition coefficient (Wildman–Crippen LogP) is 5.20. The van der Waals surface area contributed by atoms with Crippen LogP contribution in [0.25, 0.3) is 22.1 Å². The molecular formula is C25H19BrN2O3S. The van der Waals surface area contributed by atoms with E-state index in [4.69, 9.17) is 9.47 Å². The number of thiazole rings is 1. The van der Waals surface area contributed by atoms with Gasteiger partial charge in [0.2, 0.25) is 0 Å². The summed E-state index contributed by atoms with van der Waals surface area (Å²) in [5.74, 6) is 1.27. The summed E-state index contributed by atoms with van der Waals surface area (Å²) in [7, 11) is 0. The second kappa shape index (κ2) is 8.76. The molecule has 7 heteroatoms. The third kappa shape index (κ3) is 3.89. The van der Waals surface area contributed by atoms with E-state index in [9.17, 15) is 4.79 Å². The quantitative estimate of drug-likeness (QED) is 0.317. The van der Waals surface area contributed by atoms with E-state index in [1.807, 2.05) is 79.7 Å². The van der Waals surface area contributed by atoms with Gasteiger partial charge in [0.15, 0.2) is 16.5 Å². The van der Waals surface area contributed by atoms with E-state index >= 15 is 0 Å². The van der Waals surface area contributed by atoms with Crippen molar-refractivity contribution in [3.05, 3.63) is 97.2 Å². The minimum absolute atomic E-state index is 0.0720. The molecule has 0 unspecified atom stereocenters. The van der Waals surface area contributed by atoms with E-state index in [1.54, 1.807) is 4.40 Å². The van der Waals surface area contributed by atoms with Crippen LogP contribution in [0, 0.1) is 0 Å².